The standard InChI is InChI=1S/C17H16ClNO3S/c1-11(16(20)19-14-7-5-13(18)6-8-14)22-17(21)12-3-9-15(23-2)10-4-12/h3-11H,1-2H3,(H,19,20)/t11-/m0/s1. The van der Waals surface area contributed by atoms with Gasteiger partial charge in [0.2, 0.25) is 0 Å². The normalized spacial score (nSPS) is 11.6. The molecule has 0 aliphatic rings. The van der Waals surface area contributed by atoms with E-state index in [0.29, 0.717) is 16.3 Å². The van der Waals surface area contributed by atoms with Crippen LogP contribution in [0.15, 0.2) is 53.4 Å². The van der Waals surface area contributed by atoms with Crippen LogP contribution in [0.4, 0.5) is 5.69 Å². The number of thioether (sulfide) groups is 1. The van der Waals surface area contributed by atoms with Gasteiger partial charge in [0.25, 0.3) is 5.91 Å². The maximum Gasteiger partial charge on any atom is 0.338 e. The lowest BCUT2D eigenvalue weighted by Crippen LogP contribution is -2.29. The Bertz CT molecular complexity index is 686. The summed E-state index contributed by atoms with van der Waals surface area (Å²) in [6.45, 7) is 1.53. The van der Waals surface area contributed by atoms with Crippen molar-refractivity contribution in [3.63, 3.8) is 0 Å². The molecular weight excluding hydrogens is 334 g/mol. The topological polar surface area (TPSA) is 55.4 Å². The van der Waals surface area contributed by atoms with Crippen molar-refractivity contribution in [3.05, 3.63) is 59.1 Å². The molecule has 0 bridgehead atoms. The van der Waals surface area contributed by atoms with Crippen LogP contribution < -0.4 is 5.32 Å². The molecule has 0 aliphatic heterocycles. The third kappa shape index (κ3) is 5.01. The lowest BCUT2D eigenvalue weighted by atomic mass is 10.2. The number of esters is 1. The summed E-state index contributed by atoms with van der Waals surface area (Å²) >= 11 is 7.37. The van der Waals surface area contributed by atoms with Gasteiger partial charge in [0.15, 0.2) is 6.10 Å². The number of carbonyl (C=O) groups excluding carboxylic acids is 2. The van der Waals surface area contributed by atoms with Gasteiger partial charge in [-0.25, -0.2) is 4.79 Å². The second-order valence-corrected chi connectivity index (χ2v) is 6.09. The number of halogens is 1. The number of ether oxygens (including phenoxy) is 1. The Hall–Kier alpha value is -1.98. The number of hydrogen-bond acceptors (Lipinski definition) is 4. The number of anilines is 1. The highest BCUT2D eigenvalue weighted by Gasteiger charge is 2.19. The van der Waals surface area contributed by atoms with Crippen molar-refractivity contribution in [3.8, 4) is 0 Å². The lowest BCUT2D eigenvalue weighted by Gasteiger charge is -2.13. The number of nitrogens with one attached hydrogen (secondary N) is 1. The number of benzene rings is 2. The summed E-state index contributed by atoms with van der Waals surface area (Å²) in [7, 11) is 0. The highest BCUT2D eigenvalue weighted by molar-refractivity contribution is 7.98. The quantitative estimate of drug-likeness (QED) is 0.647. The summed E-state index contributed by atoms with van der Waals surface area (Å²) in [6, 6.07) is 13.7. The van der Waals surface area contributed by atoms with Gasteiger partial charge in [-0.1, -0.05) is 11.6 Å². The van der Waals surface area contributed by atoms with Gasteiger partial charge in [-0.15, -0.1) is 11.8 Å². The molecule has 2 rings (SSSR count). The van der Waals surface area contributed by atoms with Gasteiger partial charge in [0.05, 0.1) is 5.56 Å². The zero-order valence-electron chi connectivity index (χ0n) is 12.7. The maximum atomic E-state index is 12.0. The highest BCUT2D eigenvalue weighted by atomic mass is 35.5. The van der Waals surface area contributed by atoms with Crippen molar-refractivity contribution in [2.75, 3.05) is 11.6 Å². The van der Waals surface area contributed by atoms with Crippen LogP contribution in [0.1, 0.15) is 17.3 Å². The SMILES string of the molecule is CSc1ccc(C(=O)O[C@@H](C)C(=O)Nc2ccc(Cl)cc2)cc1. The molecule has 0 aromatic heterocycles. The van der Waals surface area contributed by atoms with Crippen LogP contribution in [0.25, 0.3) is 0 Å². The monoisotopic (exact) mass is 349 g/mol. The number of carbonyl (C=O) groups is 2. The maximum absolute atomic E-state index is 12.0. The fourth-order valence-electron chi connectivity index (χ4n) is 1.79. The van der Waals surface area contributed by atoms with E-state index in [2.05, 4.69) is 5.32 Å². The number of amides is 1. The summed E-state index contributed by atoms with van der Waals surface area (Å²) < 4.78 is 5.18. The molecule has 0 saturated heterocycles. The molecule has 0 radical (unpaired) electrons. The predicted molar refractivity (Wildman–Crippen MR) is 93.2 cm³/mol. The van der Waals surface area contributed by atoms with E-state index in [1.165, 1.54) is 6.92 Å². The molecule has 0 fully saturated rings. The molecule has 23 heavy (non-hydrogen) atoms. The molecule has 2 aromatic rings. The van der Waals surface area contributed by atoms with Crippen LogP contribution in [0.3, 0.4) is 0 Å². The second-order valence-electron chi connectivity index (χ2n) is 4.77. The van der Waals surface area contributed by atoms with Crippen LogP contribution in [0.5, 0.6) is 0 Å². The molecule has 0 spiro atoms. The Morgan fingerprint density at radius 1 is 1.09 bits per heavy atom. The first-order valence-electron chi connectivity index (χ1n) is 6.91. The van der Waals surface area contributed by atoms with E-state index in [1.54, 1.807) is 48.2 Å². The van der Waals surface area contributed by atoms with Gasteiger partial charge in [-0.3, -0.25) is 4.79 Å². The van der Waals surface area contributed by atoms with Crippen molar-refractivity contribution in [2.24, 2.45) is 0 Å². The van der Waals surface area contributed by atoms with E-state index in [1.807, 2.05) is 18.4 Å². The van der Waals surface area contributed by atoms with Crippen LogP contribution in [0.2, 0.25) is 5.02 Å². The minimum Gasteiger partial charge on any atom is -0.449 e. The molecule has 1 amide bonds. The van der Waals surface area contributed by atoms with E-state index in [4.69, 9.17) is 16.3 Å². The summed E-state index contributed by atoms with van der Waals surface area (Å²) in [5, 5.41) is 3.25. The highest BCUT2D eigenvalue weighted by Crippen LogP contribution is 2.16. The van der Waals surface area contributed by atoms with Crippen molar-refractivity contribution >= 4 is 40.9 Å². The zero-order valence-corrected chi connectivity index (χ0v) is 14.3. The molecule has 2 aromatic carbocycles. The molecule has 1 atom stereocenters. The third-order valence-electron chi connectivity index (χ3n) is 3.09. The van der Waals surface area contributed by atoms with Gasteiger partial charge in [-0.2, -0.15) is 0 Å². The molecule has 0 aliphatic carbocycles. The van der Waals surface area contributed by atoms with E-state index < -0.39 is 18.0 Å². The first-order chi connectivity index (χ1) is 11.0. The number of hydrogen-bond donors (Lipinski definition) is 1. The van der Waals surface area contributed by atoms with Crippen molar-refractivity contribution in [1.29, 1.82) is 0 Å². The minimum atomic E-state index is -0.904. The van der Waals surface area contributed by atoms with Crippen molar-refractivity contribution < 1.29 is 14.3 Å². The van der Waals surface area contributed by atoms with Gasteiger partial charge >= 0.3 is 5.97 Å². The molecule has 1 N–H and O–H groups in total. The lowest BCUT2D eigenvalue weighted by molar-refractivity contribution is -0.123. The summed E-state index contributed by atoms with van der Waals surface area (Å²) in [6.07, 6.45) is 1.05. The molecule has 0 saturated carbocycles. The van der Waals surface area contributed by atoms with Crippen LogP contribution in [-0.2, 0) is 9.53 Å². The molecule has 0 unspecified atom stereocenters. The van der Waals surface area contributed by atoms with Gasteiger partial charge < -0.3 is 10.1 Å². The van der Waals surface area contributed by atoms with Gasteiger partial charge in [0, 0.05) is 15.6 Å². The third-order valence-corrected chi connectivity index (χ3v) is 4.09. The molecule has 6 heteroatoms. The van der Waals surface area contributed by atoms with E-state index in [-0.39, 0.29) is 0 Å². The van der Waals surface area contributed by atoms with E-state index in [0.717, 1.165) is 4.90 Å². The van der Waals surface area contributed by atoms with Crippen molar-refractivity contribution in [2.45, 2.75) is 17.9 Å². The smallest absolute Gasteiger partial charge is 0.338 e. The summed E-state index contributed by atoms with van der Waals surface area (Å²) in [5.74, 6) is -0.933. The Labute approximate surface area is 144 Å². The Kier molecular flexibility index (Phi) is 6.07. The molecule has 4 nitrogen and oxygen atoms in total. The van der Waals surface area contributed by atoms with Crippen molar-refractivity contribution in [1.82, 2.24) is 0 Å². The largest absolute Gasteiger partial charge is 0.449 e. The summed E-state index contributed by atoms with van der Waals surface area (Å²) in [5.41, 5.74) is 1.00. The fraction of sp³-hybridized carbons (Fsp3) is 0.176. The second kappa shape index (κ2) is 8.04. The average Bonchev–Trinajstić information content (AvgIpc) is 2.56. The molecular formula is C17H16ClNO3S. The van der Waals surface area contributed by atoms with Gasteiger partial charge in [0.1, 0.15) is 0 Å². The van der Waals surface area contributed by atoms with Gasteiger partial charge in [-0.05, 0) is 61.7 Å². The zero-order chi connectivity index (χ0) is 16.8. The predicted octanol–water partition coefficient (Wildman–Crippen LogP) is 4.25. The average molecular weight is 350 g/mol. The van der Waals surface area contributed by atoms with Crippen LogP contribution in [0, 0.1) is 0 Å². The first-order valence-corrected chi connectivity index (χ1v) is 8.51. The Morgan fingerprint density at radius 2 is 1.70 bits per heavy atom. The fourth-order valence-corrected chi connectivity index (χ4v) is 2.32. The number of rotatable bonds is 5. The summed E-state index contributed by atoms with van der Waals surface area (Å²) in [4.78, 5) is 25.1. The molecule has 0 heterocycles. The van der Waals surface area contributed by atoms with E-state index in [9.17, 15) is 9.59 Å². The Morgan fingerprint density at radius 3 is 2.26 bits per heavy atom. The first kappa shape index (κ1) is 17.4. The Balaban J connectivity index is 1.94. The minimum absolute atomic E-state index is 0.401. The van der Waals surface area contributed by atoms with Crippen LogP contribution in [-0.4, -0.2) is 24.2 Å². The van der Waals surface area contributed by atoms with E-state index >= 15 is 0 Å². The van der Waals surface area contributed by atoms with Crippen LogP contribution >= 0.6 is 23.4 Å². The molecule has 120 valence electrons.